The number of aromatic amines is 1. The minimum atomic E-state index is -0.551. The van der Waals surface area contributed by atoms with Crippen LogP contribution in [-0.2, 0) is 9.47 Å². The van der Waals surface area contributed by atoms with E-state index in [2.05, 4.69) is 10.2 Å². The van der Waals surface area contributed by atoms with E-state index < -0.39 is 6.29 Å². The Balaban J connectivity index is 1.77. The molecule has 1 aliphatic heterocycles. The maximum Gasteiger partial charge on any atom is 0.273 e. The van der Waals surface area contributed by atoms with Crippen LogP contribution in [0.3, 0.4) is 0 Å². The van der Waals surface area contributed by atoms with Crippen molar-refractivity contribution in [1.82, 2.24) is 15.1 Å². The molecule has 3 aromatic rings. The van der Waals surface area contributed by atoms with Crippen LogP contribution in [0.15, 0.2) is 48.5 Å². The number of amides is 1. The van der Waals surface area contributed by atoms with Crippen LogP contribution in [-0.4, -0.2) is 61.3 Å². The molecule has 4 rings (SSSR count). The van der Waals surface area contributed by atoms with E-state index in [-0.39, 0.29) is 18.5 Å². The molecule has 1 atom stereocenters. The van der Waals surface area contributed by atoms with E-state index in [1.54, 1.807) is 19.1 Å². The Kier molecular flexibility index (Phi) is 6.96. The molecule has 1 aromatic heterocycles. The first-order chi connectivity index (χ1) is 16.1. The van der Waals surface area contributed by atoms with Gasteiger partial charge in [0.15, 0.2) is 6.29 Å². The van der Waals surface area contributed by atoms with Gasteiger partial charge in [-0.3, -0.25) is 9.89 Å². The summed E-state index contributed by atoms with van der Waals surface area (Å²) in [4.78, 5) is 15.2. The monoisotopic (exact) mass is 451 g/mol. The average Bonchev–Trinajstić information content (AvgIpc) is 3.38. The van der Waals surface area contributed by atoms with E-state index in [1.165, 1.54) is 0 Å². The van der Waals surface area contributed by atoms with Crippen molar-refractivity contribution < 1.29 is 23.7 Å². The molecule has 0 fully saturated rings. The highest BCUT2D eigenvalue weighted by Gasteiger charge is 2.43. The molecular weight excluding hydrogens is 422 g/mol. The lowest BCUT2D eigenvalue weighted by atomic mass is 9.96. The van der Waals surface area contributed by atoms with E-state index in [4.69, 9.17) is 18.9 Å². The van der Waals surface area contributed by atoms with E-state index in [9.17, 15) is 4.79 Å². The zero-order chi connectivity index (χ0) is 23.4. The number of benzene rings is 2. The molecule has 8 nitrogen and oxygen atoms in total. The SMILES string of the molecule is CCOc1ccc(-c2n[nH]c3c2C(c2ccc(OCC)cc2)N(CC(OC)OC)C3=O)cc1. The number of methoxy groups -OCH3 is 2. The van der Waals surface area contributed by atoms with E-state index in [1.807, 2.05) is 62.4 Å². The summed E-state index contributed by atoms with van der Waals surface area (Å²) < 4.78 is 22.0. The highest BCUT2D eigenvalue weighted by molar-refractivity contribution is 6.00. The number of aromatic nitrogens is 2. The van der Waals surface area contributed by atoms with Crippen molar-refractivity contribution in [2.75, 3.05) is 34.0 Å². The fourth-order valence-electron chi connectivity index (χ4n) is 4.15. The first-order valence-electron chi connectivity index (χ1n) is 11.0. The van der Waals surface area contributed by atoms with Crippen LogP contribution in [0.4, 0.5) is 0 Å². The predicted molar refractivity (Wildman–Crippen MR) is 123 cm³/mol. The first-order valence-corrected chi connectivity index (χ1v) is 11.0. The molecule has 0 aliphatic carbocycles. The average molecular weight is 452 g/mol. The van der Waals surface area contributed by atoms with Crippen molar-refractivity contribution in [1.29, 1.82) is 0 Å². The molecule has 1 aliphatic rings. The van der Waals surface area contributed by atoms with Gasteiger partial charge in [0.1, 0.15) is 17.2 Å². The van der Waals surface area contributed by atoms with Crippen molar-refractivity contribution in [2.24, 2.45) is 0 Å². The zero-order valence-corrected chi connectivity index (χ0v) is 19.3. The van der Waals surface area contributed by atoms with Crippen molar-refractivity contribution in [3.63, 3.8) is 0 Å². The van der Waals surface area contributed by atoms with E-state index in [0.29, 0.717) is 18.9 Å². The van der Waals surface area contributed by atoms with Gasteiger partial charge in [-0.25, -0.2) is 0 Å². The molecule has 1 N–H and O–H groups in total. The van der Waals surface area contributed by atoms with Gasteiger partial charge in [-0.1, -0.05) is 12.1 Å². The van der Waals surface area contributed by atoms with Gasteiger partial charge >= 0.3 is 0 Å². The van der Waals surface area contributed by atoms with Crippen LogP contribution >= 0.6 is 0 Å². The second-order valence-corrected chi connectivity index (χ2v) is 7.58. The third kappa shape index (κ3) is 4.44. The van der Waals surface area contributed by atoms with Gasteiger partial charge in [-0.2, -0.15) is 5.10 Å². The normalized spacial score (nSPS) is 15.2. The third-order valence-electron chi connectivity index (χ3n) is 5.68. The van der Waals surface area contributed by atoms with Gasteiger partial charge in [-0.15, -0.1) is 0 Å². The Bertz CT molecular complexity index is 1070. The number of H-pyrrole nitrogens is 1. The highest BCUT2D eigenvalue weighted by atomic mass is 16.7. The third-order valence-corrected chi connectivity index (χ3v) is 5.68. The molecule has 0 bridgehead atoms. The van der Waals surface area contributed by atoms with Crippen molar-refractivity contribution in [3.8, 4) is 22.8 Å². The van der Waals surface area contributed by atoms with Crippen LogP contribution in [0, 0.1) is 0 Å². The predicted octanol–water partition coefficient (Wildman–Crippen LogP) is 4.04. The van der Waals surface area contributed by atoms with Gasteiger partial charge in [0, 0.05) is 25.3 Å². The van der Waals surface area contributed by atoms with Crippen molar-refractivity contribution in [3.05, 3.63) is 65.4 Å². The zero-order valence-electron chi connectivity index (χ0n) is 19.3. The molecule has 8 heteroatoms. The van der Waals surface area contributed by atoms with Crippen molar-refractivity contribution >= 4 is 5.91 Å². The van der Waals surface area contributed by atoms with Crippen LogP contribution in [0.1, 0.15) is 41.5 Å². The minimum absolute atomic E-state index is 0.146. The number of fused-ring (bicyclic) bond motifs is 1. The van der Waals surface area contributed by atoms with E-state index in [0.717, 1.165) is 33.9 Å². The summed E-state index contributed by atoms with van der Waals surface area (Å²) in [5.74, 6) is 1.42. The number of carbonyl (C=O) groups is 1. The largest absolute Gasteiger partial charge is 0.494 e. The first kappa shape index (κ1) is 22.8. The lowest BCUT2D eigenvalue weighted by molar-refractivity contribution is -0.113. The molecule has 2 heterocycles. The molecule has 1 amide bonds. The Morgan fingerprint density at radius 2 is 1.52 bits per heavy atom. The van der Waals surface area contributed by atoms with Gasteiger partial charge in [-0.05, 0) is 55.8 Å². The Labute approximate surface area is 193 Å². The number of ether oxygens (including phenoxy) is 4. The number of hydrogen-bond acceptors (Lipinski definition) is 6. The molecule has 174 valence electrons. The van der Waals surface area contributed by atoms with Crippen LogP contribution in [0.2, 0.25) is 0 Å². The number of rotatable bonds is 10. The highest BCUT2D eigenvalue weighted by Crippen LogP contribution is 2.43. The molecule has 0 radical (unpaired) electrons. The summed E-state index contributed by atoms with van der Waals surface area (Å²) in [6.07, 6.45) is -0.551. The van der Waals surface area contributed by atoms with Gasteiger partial charge in [0.25, 0.3) is 5.91 Å². The molecular formula is C25H29N3O5. The second kappa shape index (κ2) is 10.1. The Morgan fingerprint density at radius 3 is 2.06 bits per heavy atom. The van der Waals surface area contributed by atoms with Crippen molar-refractivity contribution in [2.45, 2.75) is 26.2 Å². The van der Waals surface area contributed by atoms with Crippen LogP contribution in [0.5, 0.6) is 11.5 Å². The van der Waals surface area contributed by atoms with E-state index >= 15 is 0 Å². The maximum absolute atomic E-state index is 13.4. The summed E-state index contributed by atoms with van der Waals surface area (Å²) in [5.41, 5.74) is 3.89. The summed E-state index contributed by atoms with van der Waals surface area (Å²) in [5, 5.41) is 7.48. The summed E-state index contributed by atoms with van der Waals surface area (Å²) in [6.45, 7) is 5.35. The topological polar surface area (TPSA) is 85.9 Å². The lowest BCUT2D eigenvalue weighted by Crippen LogP contribution is -2.38. The molecule has 0 spiro atoms. The Morgan fingerprint density at radius 1 is 0.939 bits per heavy atom. The molecule has 0 saturated carbocycles. The maximum atomic E-state index is 13.4. The van der Waals surface area contributed by atoms with Gasteiger partial charge < -0.3 is 23.8 Å². The molecule has 33 heavy (non-hydrogen) atoms. The summed E-state index contributed by atoms with van der Waals surface area (Å²) in [7, 11) is 3.12. The standard InChI is InChI=1S/C25H29N3O5/c1-5-32-18-11-7-16(8-12-18)22-21-23(27-26-22)25(29)28(15-20(30-3)31-4)24(21)17-9-13-19(14-10-17)33-6-2/h7-14,20,24H,5-6,15H2,1-4H3,(H,26,27). The summed E-state index contributed by atoms with van der Waals surface area (Å²) in [6, 6.07) is 15.2. The number of hydrogen-bond donors (Lipinski definition) is 1. The fraction of sp³-hybridized carbons (Fsp3) is 0.360. The Hall–Kier alpha value is -3.36. The quantitative estimate of drug-likeness (QED) is 0.468. The van der Waals surface area contributed by atoms with Gasteiger partial charge in [0.05, 0.1) is 31.5 Å². The van der Waals surface area contributed by atoms with Crippen LogP contribution in [0.25, 0.3) is 11.3 Å². The number of nitrogens with zero attached hydrogens (tertiary/aromatic N) is 2. The summed E-state index contributed by atoms with van der Waals surface area (Å²) >= 11 is 0. The van der Waals surface area contributed by atoms with Gasteiger partial charge in [0.2, 0.25) is 0 Å². The molecule has 2 aromatic carbocycles. The number of carbonyl (C=O) groups excluding carboxylic acids is 1. The molecule has 0 saturated heterocycles. The van der Waals surface area contributed by atoms with Crippen LogP contribution < -0.4 is 9.47 Å². The lowest BCUT2D eigenvalue weighted by Gasteiger charge is -2.29. The fourth-order valence-corrected chi connectivity index (χ4v) is 4.15. The smallest absolute Gasteiger partial charge is 0.273 e. The minimum Gasteiger partial charge on any atom is -0.494 e. The second-order valence-electron chi connectivity index (χ2n) is 7.58. The number of nitrogens with one attached hydrogen (secondary N) is 1. The molecule has 1 unspecified atom stereocenters.